The Bertz CT molecular complexity index is 525. The van der Waals surface area contributed by atoms with E-state index < -0.39 is 6.10 Å². The van der Waals surface area contributed by atoms with Crippen molar-refractivity contribution in [2.75, 3.05) is 40.5 Å². The molecule has 0 bridgehead atoms. The van der Waals surface area contributed by atoms with Gasteiger partial charge in [0.25, 0.3) is 0 Å². The van der Waals surface area contributed by atoms with Gasteiger partial charge in [0, 0.05) is 25.2 Å². The van der Waals surface area contributed by atoms with Crippen LogP contribution in [0.4, 0.5) is 0 Å². The van der Waals surface area contributed by atoms with Crippen LogP contribution >= 0.6 is 0 Å². The fourth-order valence-electron chi connectivity index (χ4n) is 2.64. The molecule has 0 aliphatic carbocycles. The zero-order valence-corrected chi connectivity index (χ0v) is 15.1. The maximum absolute atomic E-state index is 10.2. The molecule has 0 heterocycles. The largest absolute Gasteiger partial charge is 0.493 e. The number of aliphatic hydroxyl groups excluding tert-OH is 1. The predicted molar refractivity (Wildman–Crippen MR) is 95.3 cm³/mol. The summed E-state index contributed by atoms with van der Waals surface area (Å²) < 4.78 is 16.1. The first-order valence-electron chi connectivity index (χ1n) is 8.13. The number of nitrogens with zero attached hydrogens (tertiary/aromatic N) is 1. The van der Waals surface area contributed by atoms with Crippen molar-refractivity contribution in [3.8, 4) is 23.8 Å². The fourth-order valence-corrected chi connectivity index (χ4v) is 2.64. The Hall–Kier alpha value is -1.74. The Labute approximate surface area is 145 Å². The lowest BCUT2D eigenvalue weighted by Gasteiger charge is -2.27. The van der Waals surface area contributed by atoms with Gasteiger partial charge in [0.2, 0.25) is 0 Å². The summed E-state index contributed by atoms with van der Waals surface area (Å²) >= 11 is 0. The summed E-state index contributed by atoms with van der Waals surface area (Å²) in [5, 5.41) is 10.2. The topological polar surface area (TPSA) is 51.2 Å². The lowest BCUT2D eigenvalue weighted by atomic mass is 10.1. The smallest absolute Gasteiger partial charge is 0.165 e. The second-order valence-electron chi connectivity index (χ2n) is 6.11. The average molecular weight is 335 g/mol. The van der Waals surface area contributed by atoms with E-state index in [-0.39, 0.29) is 13.2 Å². The van der Waals surface area contributed by atoms with E-state index in [9.17, 15) is 5.11 Å². The van der Waals surface area contributed by atoms with Crippen molar-refractivity contribution < 1.29 is 19.3 Å². The lowest BCUT2D eigenvalue weighted by molar-refractivity contribution is 0.0236. The standard InChI is InChI=1S/C19H29NO4/c1-6-10-24-14-17(21)13-20(11-15(2)3)12-16-8-7-9-18(22-4)19(16)23-5/h1,7-9,15,17,21H,10-14H2,2-5H3/t17-/m1/s1. The molecule has 5 heteroatoms. The van der Waals surface area contributed by atoms with Crippen LogP contribution in [0.2, 0.25) is 0 Å². The first-order chi connectivity index (χ1) is 11.5. The quantitative estimate of drug-likeness (QED) is 0.496. The van der Waals surface area contributed by atoms with Gasteiger partial charge in [0.15, 0.2) is 11.5 Å². The van der Waals surface area contributed by atoms with Gasteiger partial charge in [-0.2, -0.15) is 0 Å². The Balaban J connectivity index is 2.81. The molecular weight excluding hydrogens is 306 g/mol. The molecule has 1 atom stereocenters. The van der Waals surface area contributed by atoms with E-state index in [1.54, 1.807) is 14.2 Å². The molecule has 1 N–H and O–H groups in total. The van der Waals surface area contributed by atoms with E-state index in [2.05, 4.69) is 24.7 Å². The molecule has 0 saturated carbocycles. The highest BCUT2D eigenvalue weighted by Crippen LogP contribution is 2.31. The van der Waals surface area contributed by atoms with Crippen molar-refractivity contribution in [3.05, 3.63) is 23.8 Å². The maximum Gasteiger partial charge on any atom is 0.165 e. The van der Waals surface area contributed by atoms with Crippen molar-refractivity contribution in [2.24, 2.45) is 5.92 Å². The summed E-state index contributed by atoms with van der Waals surface area (Å²) in [5.41, 5.74) is 1.02. The molecule has 0 aliphatic rings. The molecule has 5 nitrogen and oxygen atoms in total. The van der Waals surface area contributed by atoms with Gasteiger partial charge < -0.3 is 19.3 Å². The molecule has 134 valence electrons. The highest BCUT2D eigenvalue weighted by atomic mass is 16.5. The first kappa shape index (κ1) is 20.3. The van der Waals surface area contributed by atoms with Crippen LogP contribution in [-0.4, -0.2) is 56.6 Å². The number of benzene rings is 1. The van der Waals surface area contributed by atoms with Gasteiger partial charge in [-0.05, 0) is 12.0 Å². The second-order valence-corrected chi connectivity index (χ2v) is 6.11. The third-order valence-corrected chi connectivity index (χ3v) is 3.47. The Kier molecular flexibility index (Phi) is 9.24. The van der Waals surface area contributed by atoms with E-state index in [0.717, 1.165) is 17.9 Å². The molecule has 24 heavy (non-hydrogen) atoms. The van der Waals surface area contributed by atoms with Crippen molar-refractivity contribution in [2.45, 2.75) is 26.5 Å². The van der Waals surface area contributed by atoms with Crippen LogP contribution < -0.4 is 9.47 Å². The minimum absolute atomic E-state index is 0.213. The van der Waals surface area contributed by atoms with E-state index in [1.165, 1.54) is 0 Å². The van der Waals surface area contributed by atoms with E-state index >= 15 is 0 Å². The third kappa shape index (κ3) is 6.79. The number of aliphatic hydroxyl groups is 1. The maximum atomic E-state index is 10.2. The van der Waals surface area contributed by atoms with E-state index in [0.29, 0.717) is 24.8 Å². The van der Waals surface area contributed by atoms with Crippen LogP contribution in [0.1, 0.15) is 19.4 Å². The van der Waals surface area contributed by atoms with Crippen LogP contribution in [0.5, 0.6) is 11.5 Å². The van der Waals surface area contributed by atoms with Crippen LogP contribution in [0.3, 0.4) is 0 Å². The molecule has 1 aromatic rings. The molecule has 0 unspecified atom stereocenters. The number of terminal acetylenes is 1. The van der Waals surface area contributed by atoms with Gasteiger partial charge in [-0.1, -0.05) is 31.9 Å². The first-order valence-corrected chi connectivity index (χ1v) is 8.13. The minimum atomic E-state index is -0.589. The van der Waals surface area contributed by atoms with E-state index in [1.807, 2.05) is 18.2 Å². The van der Waals surface area contributed by atoms with Gasteiger partial charge in [0.1, 0.15) is 6.61 Å². The van der Waals surface area contributed by atoms with Gasteiger partial charge in [-0.3, -0.25) is 4.90 Å². The minimum Gasteiger partial charge on any atom is -0.493 e. The van der Waals surface area contributed by atoms with E-state index in [4.69, 9.17) is 20.6 Å². The average Bonchev–Trinajstić information content (AvgIpc) is 2.54. The van der Waals surface area contributed by atoms with Gasteiger partial charge in [-0.25, -0.2) is 0 Å². The molecule has 0 aromatic heterocycles. The number of hydrogen-bond acceptors (Lipinski definition) is 5. The Morgan fingerprint density at radius 2 is 1.96 bits per heavy atom. The van der Waals surface area contributed by atoms with Crippen molar-refractivity contribution in [1.82, 2.24) is 4.90 Å². The van der Waals surface area contributed by atoms with Crippen molar-refractivity contribution >= 4 is 0 Å². The molecule has 0 amide bonds. The summed E-state index contributed by atoms with van der Waals surface area (Å²) in [6, 6.07) is 5.82. The third-order valence-electron chi connectivity index (χ3n) is 3.47. The second kappa shape index (κ2) is 10.9. The monoisotopic (exact) mass is 335 g/mol. The van der Waals surface area contributed by atoms with Gasteiger partial charge in [0.05, 0.1) is 26.9 Å². The molecular formula is C19H29NO4. The summed E-state index contributed by atoms with van der Waals surface area (Å²) in [5.74, 6) is 4.31. The van der Waals surface area contributed by atoms with Crippen LogP contribution in [0.15, 0.2) is 18.2 Å². The Morgan fingerprint density at radius 3 is 2.54 bits per heavy atom. The van der Waals surface area contributed by atoms with Crippen LogP contribution in [-0.2, 0) is 11.3 Å². The highest BCUT2D eigenvalue weighted by Gasteiger charge is 2.17. The summed E-state index contributed by atoms with van der Waals surface area (Å²) in [6.07, 6.45) is 4.56. The van der Waals surface area contributed by atoms with Crippen molar-refractivity contribution in [3.63, 3.8) is 0 Å². The number of ether oxygens (including phenoxy) is 3. The summed E-state index contributed by atoms with van der Waals surface area (Å²) in [6.45, 7) is 6.76. The summed E-state index contributed by atoms with van der Waals surface area (Å²) in [7, 11) is 3.26. The number of rotatable bonds is 11. The van der Waals surface area contributed by atoms with Gasteiger partial charge >= 0.3 is 0 Å². The van der Waals surface area contributed by atoms with Gasteiger partial charge in [-0.15, -0.1) is 6.42 Å². The fraction of sp³-hybridized carbons (Fsp3) is 0.579. The lowest BCUT2D eigenvalue weighted by Crippen LogP contribution is -2.37. The number of methoxy groups -OCH3 is 2. The molecule has 1 aromatic carbocycles. The zero-order chi connectivity index (χ0) is 17.9. The molecule has 0 spiro atoms. The SMILES string of the molecule is C#CCOC[C@H](O)CN(Cc1cccc(OC)c1OC)CC(C)C. The Morgan fingerprint density at radius 1 is 1.21 bits per heavy atom. The molecule has 0 fully saturated rings. The predicted octanol–water partition coefficient (Wildman–Crippen LogP) is 2.17. The summed E-state index contributed by atoms with van der Waals surface area (Å²) in [4.78, 5) is 2.19. The van der Waals surface area contributed by atoms with Crippen LogP contribution in [0, 0.1) is 18.3 Å². The van der Waals surface area contributed by atoms with Crippen LogP contribution in [0.25, 0.3) is 0 Å². The molecule has 1 rings (SSSR count). The molecule has 0 saturated heterocycles. The normalized spacial score (nSPS) is 12.2. The zero-order valence-electron chi connectivity index (χ0n) is 15.1. The van der Waals surface area contributed by atoms with Crippen molar-refractivity contribution in [1.29, 1.82) is 0 Å². The number of hydrogen-bond donors (Lipinski definition) is 1. The number of para-hydroxylation sites is 1. The molecule has 0 aliphatic heterocycles. The molecule has 0 radical (unpaired) electrons. The highest BCUT2D eigenvalue weighted by molar-refractivity contribution is 5.46.